The van der Waals surface area contributed by atoms with Gasteiger partial charge in [-0.3, -0.25) is 0 Å². The maximum absolute atomic E-state index is 6.50. The monoisotopic (exact) mass is 230 g/mol. The van der Waals surface area contributed by atoms with Crippen LogP contribution in [0.5, 0.6) is 0 Å². The number of hydrogen-bond donors (Lipinski definition) is 1. The normalized spacial score (nSPS) is 19.6. The van der Waals surface area contributed by atoms with Crippen molar-refractivity contribution in [3.63, 3.8) is 0 Å². The van der Waals surface area contributed by atoms with Gasteiger partial charge in [-0.05, 0) is 19.8 Å². The average Bonchev–Trinajstić information content (AvgIpc) is 2.69. The molecule has 0 aromatic carbocycles. The van der Waals surface area contributed by atoms with Gasteiger partial charge in [0.2, 0.25) is 0 Å². The summed E-state index contributed by atoms with van der Waals surface area (Å²) in [7, 11) is 0. The summed E-state index contributed by atoms with van der Waals surface area (Å²) in [5.74, 6) is 0. The number of aromatic nitrogens is 3. The second-order valence-electron chi connectivity index (χ2n) is 5.15. The first-order valence-corrected chi connectivity index (χ1v) is 6.29. The molecule has 1 aliphatic carbocycles. The van der Waals surface area contributed by atoms with Crippen LogP contribution in [-0.2, 0) is 5.54 Å². The van der Waals surface area contributed by atoms with Gasteiger partial charge in [-0.25, -0.2) is 9.50 Å². The Morgan fingerprint density at radius 1 is 1.29 bits per heavy atom. The second kappa shape index (κ2) is 3.81. The molecule has 90 valence electrons. The molecule has 0 bridgehead atoms. The molecule has 0 radical (unpaired) electrons. The lowest BCUT2D eigenvalue weighted by atomic mass is 9.78. The number of rotatable bonds is 1. The summed E-state index contributed by atoms with van der Waals surface area (Å²) in [4.78, 5) is 4.44. The summed E-state index contributed by atoms with van der Waals surface area (Å²) >= 11 is 0. The van der Waals surface area contributed by atoms with Crippen molar-refractivity contribution in [2.75, 3.05) is 0 Å². The van der Waals surface area contributed by atoms with E-state index >= 15 is 0 Å². The molecule has 4 heteroatoms. The number of hydrogen-bond acceptors (Lipinski definition) is 3. The molecule has 0 spiro atoms. The predicted octanol–water partition coefficient (Wildman–Crippen LogP) is 2.16. The van der Waals surface area contributed by atoms with Gasteiger partial charge in [0.25, 0.3) is 0 Å². The van der Waals surface area contributed by atoms with E-state index in [9.17, 15) is 0 Å². The zero-order valence-electron chi connectivity index (χ0n) is 10.2. The summed E-state index contributed by atoms with van der Waals surface area (Å²) < 4.78 is 1.84. The Kier molecular flexibility index (Phi) is 2.40. The van der Waals surface area contributed by atoms with E-state index in [1.807, 2.05) is 29.9 Å². The van der Waals surface area contributed by atoms with E-state index in [-0.39, 0.29) is 5.54 Å². The number of aryl methyl sites for hydroxylation is 1. The topological polar surface area (TPSA) is 56.2 Å². The third kappa shape index (κ3) is 1.82. The fourth-order valence-electron chi connectivity index (χ4n) is 2.72. The first-order chi connectivity index (χ1) is 8.17. The van der Waals surface area contributed by atoms with E-state index in [4.69, 9.17) is 5.73 Å². The van der Waals surface area contributed by atoms with Gasteiger partial charge in [-0.2, -0.15) is 5.10 Å². The minimum atomic E-state index is -0.195. The molecule has 0 amide bonds. The van der Waals surface area contributed by atoms with Crippen molar-refractivity contribution in [1.29, 1.82) is 0 Å². The van der Waals surface area contributed by atoms with Crippen LogP contribution in [0.15, 0.2) is 18.5 Å². The van der Waals surface area contributed by atoms with Crippen LogP contribution in [0.25, 0.3) is 5.65 Å². The first kappa shape index (κ1) is 10.7. The van der Waals surface area contributed by atoms with Crippen molar-refractivity contribution in [3.8, 4) is 0 Å². The van der Waals surface area contributed by atoms with Crippen molar-refractivity contribution in [1.82, 2.24) is 14.6 Å². The lowest BCUT2D eigenvalue weighted by Crippen LogP contribution is -2.38. The Morgan fingerprint density at radius 3 is 2.82 bits per heavy atom. The lowest BCUT2D eigenvalue weighted by Gasteiger charge is -2.33. The molecule has 0 saturated heterocycles. The van der Waals surface area contributed by atoms with E-state index in [0.29, 0.717) is 0 Å². The smallest absolute Gasteiger partial charge is 0.155 e. The van der Waals surface area contributed by atoms with E-state index in [1.165, 1.54) is 19.3 Å². The molecule has 2 N–H and O–H groups in total. The van der Waals surface area contributed by atoms with E-state index in [1.54, 1.807) is 0 Å². The van der Waals surface area contributed by atoms with Gasteiger partial charge in [0, 0.05) is 29.6 Å². The minimum absolute atomic E-state index is 0.195. The molecule has 1 aliphatic rings. The largest absolute Gasteiger partial charge is 0.321 e. The third-order valence-electron chi connectivity index (χ3n) is 3.76. The van der Waals surface area contributed by atoms with Gasteiger partial charge in [-0.15, -0.1) is 0 Å². The minimum Gasteiger partial charge on any atom is -0.321 e. The van der Waals surface area contributed by atoms with Gasteiger partial charge < -0.3 is 5.73 Å². The van der Waals surface area contributed by atoms with Crippen molar-refractivity contribution in [2.24, 2.45) is 5.73 Å². The molecule has 1 fully saturated rings. The Bertz CT molecular complexity index is 537. The summed E-state index contributed by atoms with van der Waals surface area (Å²) in [6, 6.07) is 1.98. The SMILES string of the molecule is Cc1cc2ncc(C3(N)CCCCC3)cn2n1. The van der Waals surface area contributed by atoms with E-state index < -0.39 is 0 Å². The van der Waals surface area contributed by atoms with Crippen molar-refractivity contribution in [3.05, 3.63) is 29.7 Å². The standard InChI is InChI=1S/C13H18N4/c1-10-7-12-15-8-11(9-17(12)16-10)13(14)5-3-2-4-6-13/h7-9H,2-6,14H2,1H3. The molecule has 2 heterocycles. The van der Waals surface area contributed by atoms with E-state index in [0.717, 1.165) is 29.7 Å². The van der Waals surface area contributed by atoms with Gasteiger partial charge in [0.1, 0.15) is 0 Å². The Balaban J connectivity index is 2.04. The highest BCUT2D eigenvalue weighted by Crippen LogP contribution is 2.34. The summed E-state index contributed by atoms with van der Waals surface area (Å²) in [5, 5.41) is 4.40. The van der Waals surface area contributed by atoms with Crippen LogP contribution >= 0.6 is 0 Å². The molecule has 0 unspecified atom stereocenters. The highest BCUT2D eigenvalue weighted by molar-refractivity contribution is 5.40. The van der Waals surface area contributed by atoms with E-state index in [2.05, 4.69) is 10.1 Å². The third-order valence-corrected chi connectivity index (χ3v) is 3.76. The molecule has 0 aliphatic heterocycles. The Morgan fingerprint density at radius 2 is 2.06 bits per heavy atom. The Hall–Kier alpha value is -1.42. The predicted molar refractivity (Wildman–Crippen MR) is 66.7 cm³/mol. The van der Waals surface area contributed by atoms with Crippen LogP contribution in [-0.4, -0.2) is 14.6 Å². The van der Waals surface area contributed by atoms with Crippen LogP contribution in [0.2, 0.25) is 0 Å². The van der Waals surface area contributed by atoms with Crippen molar-refractivity contribution in [2.45, 2.75) is 44.6 Å². The van der Waals surface area contributed by atoms with Gasteiger partial charge >= 0.3 is 0 Å². The van der Waals surface area contributed by atoms with Crippen LogP contribution in [0.3, 0.4) is 0 Å². The molecule has 2 aromatic rings. The van der Waals surface area contributed by atoms with Gasteiger partial charge in [-0.1, -0.05) is 19.3 Å². The Labute approximate surface area is 101 Å². The van der Waals surface area contributed by atoms with Gasteiger partial charge in [0.05, 0.1) is 5.69 Å². The quantitative estimate of drug-likeness (QED) is 0.816. The maximum Gasteiger partial charge on any atom is 0.155 e. The summed E-state index contributed by atoms with van der Waals surface area (Å²) in [6.07, 6.45) is 9.80. The van der Waals surface area contributed by atoms with Crippen LogP contribution in [0.4, 0.5) is 0 Å². The van der Waals surface area contributed by atoms with Crippen LogP contribution in [0.1, 0.15) is 43.4 Å². The number of nitrogens with zero attached hydrogens (tertiary/aromatic N) is 3. The molecule has 2 aromatic heterocycles. The van der Waals surface area contributed by atoms with Crippen LogP contribution in [0, 0.1) is 6.92 Å². The molecule has 0 atom stereocenters. The molecule has 17 heavy (non-hydrogen) atoms. The van der Waals surface area contributed by atoms with Gasteiger partial charge in [0.15, 0.2) is 5.65 Å². The van der Waals surface area contributed by atoms with Crippen molar-refractivity contribution >= 4 is 5.65 Å². The maximum atomic E-state index is 6.50. The number of nitrogens with two attached hydrogens (primary N) is 1. The zero-order valence-corrected chi connectivity index (χ0v) is 10.2. The average molecular weight is 230 g/mol. The highest BCUT2D eigenvalue weighted by Gasteiger charge is 2.30. The number of fused-ring (bicyclic) bond motifs is 1. The molecular weight excluding hydrogens is 212 g/mol. The summed E-state index contributed by atoms with van der Waals surface area (Å²) in [5.41, 5.74) is 9.30. The molecule has 4 nitrogen and oxygen atoms in total. The fraction of sp³-hybridized carbons (Fsp3) is 0.538. The highest BCUT2D eigenvalue weighted by atomic mass is 15.2. The summed E-state index contributed by atoms with van der Waals surface area (Å²) in [6.45, 7) is 1.98. The molecular formula is C13H18N4. The first-order valence-electron chi connectivity index (χ1n) is 6.29. The molecule has 3 rings (SSSR count). The fourth-order valence-corrected chi connectivity index (χ4v) is 2.72. The second-order valence-corrected chi connectivity index (χ2v) is 5.15. The molecule has 1 saturated carbocycles. The zero-order chi connectivity index (χ0) is 11.9. The van der Waals surface area contributed by atoms with Crippen LogP contribution < -0.4 is 5.73 Å². The lowest BCUT2D eigenvalue weighted by molar-refractivity contribution is 0.300. The van der Waals surface area contributed by atoms with Crippen molar-refractivity contribution < 1.29 is 0 Å².